The van der Waals surface area contributed by atoms with E-state index in [1.165, 1.54) is 111 Å². The van der Waals surface area contributed by atoms with E-state index >= 15 is 0 Å². The van der Waals surface area contributed by atoms with E-state index < -0.39 is 0 Å². The van der Waals surface area contributed by atoms with Crippen LogP contribution in [0.3, 0.4) is 0 Å². The summed E-state index contributed by atoms with van der Waals surface area (Å²) in [4.78, 5) is 2.63. The van der Waals surface area contributed by atoms with Crippen molar-refractivity contribution in [3.05, 3.63) is 285 Å². The fourth-order valence-corrected chi connectivity index (χ4v) is 11.8. The molecule has 74 heavy (non-hydrogen) atoms. The summed E-state index contributed by atoms with van der Waals surface area (Å²) >= 11 is 0. The van der Waals surface area contributed by atoms with Crippen LogP contribution in [-0.2, 0) is 0 Å². The van der Waals surface area contributed by atoms with Crippen molar-refractivity contribution in [2.24, 2.45) is 0 Å². The molecule has 0 spiro atoms. The second-order valence-electron chi connectivity index (χ2n) is 20.0. The zero-order valence-electron chi connectivity index (χ0n) is 41.4. The van der Waals surface area contributed by atoms with Gasteiger partial charge in [-0.25, -0.2) is 0 Å². The van der Waals surface area contributed by atoms with E-state index in [1.807, 2.05) is 0 Å². The van der Waals surface area contributed by atoms with Crippen molar-refractivity contribution in [2.45, 2.75) is 37.6 Å². The molecule has 0 bridgehead atoms. The number of rotatable bonds is 11. The van der Waals surface area contributed by atoms with Crippen molar-refractivity contribution in [1.29, 1.82) is 0 Å². The van der Waals surface area contributed by atoms with Crippen LogP contribution in [0, 0.1) is 0 Å². The standard InChI is InChI=1S/C72H56N2/c1-3-16-51(17-4-1)56-20-11-24-60(46-56)62-26-13-22-58(48-62)53-34-40-65(41-35-53)73(66-42-36-54(37-43-66)59-23-14-27-63(49-59)61-25-12-21-57(47-61)52-18-5-2-6-19-52)67-44-38-55(39-45-67)64-28-15-29-68(50-64)74-71-32-9-7-30-69(71)70-31-8-10-33-72(70)74/h1-35,38-41,44-50,54,66H,36-37,42-43H2. The molecular weight excluding hydrogens is 893 g/mol. The van der Waals surface area contributed by atoms with Crippen molar-refractivity contribution in [2.75, 3.05) is 4.90 Å². The molecule has 1 heterocycles. The largest absolute Gasteiger partial charge is 0.338 e. The molecule has 12 aromatic rings. The molecule has 13 rings (SSSR count). The van der Waals surface area contributed by atoms with Crippen molar-refractivity contribution in [3.63, 3.8) is 0 Å². The molecule has 1 aromatic heterocycles. The minimum absolute atomic E-state index is 0.354. The molecule has 0 atom stereocenters. The van der Waals surface area contributed by atoms with E-state index in [4.69, 9.17) is 0 Å². The first-order valence-corrected chi connectivity index (χ1v) is 26.3. The number of para-hydroxylation sites is 2. The molecule has 1 aliphatic rings. The third kappa shape index (κ3) is 8.90. The normalized spacial score (nSPS) is 14.5. The van der Waals surface area contributed by atoms with E-state index in [-0.39, 0.29) is 0 Å². The zero-order chi connectivity index (χ0) is 49.2. The highest BCUT2D eigenvalue weighted by Gasteiger charge is 2.29. The Kier molecular flexibility index (Phi) is 12.1. The molecule has 0 amide bonds. The van der Waals surface area contributed by atoms with Crippen LogP contribution in [0.25, 0.3) is 94.3 Å². The Morgan fingerprint density at radius 3 is 1.09 bits per heavy atom. The molecule has 1 fully saturated rings. The number of hydrogen-bond acceptors (Lipinski definition) is 1. The first-order valence-electron chi connectivity index (χ1n) is 26.3. The minimum atomic E-state index is 0.354. The number of benzene rings is 11. The van der Waals surface area contributed by atoms with Crippen molar-refractivity contribution < 1.29 is 0 Å². The van der Waals surface area contributed by atoms with Gasteiger partial charge in [-0.3, -0.25) is 0 Å². The Balaban J connectivity index is 0.800. The number of aromatic nitrogens is 1. The lowest BCUT2D eigenvalue weighted by molar-refractivity contribution is 0.392. The average Bonchev–Trinajstić information content (AvgIpc) is 3.84. The van der Waals surface area contributed by atoms with Crippen molar-refractivity contribution in [3.8, 4) is 72.4 Å². The van der Waals surface area contributed by atoms with E-state index in [0.717, 1.165) is 25.7 Å². The van der Waals surface area contributed by atoms with Gasteiger partial charge in [0, 0.05) is 33.9 Å². The Bertz CT molecular complexity index is 3840. The van der Waals surface area contributed by atoms with Crippen LogP contribution in [-0.4, -0.2) is 10.6 Å². The molecule has 0 radical (unpaired) electrons. The lowest BCUT2D eigenvalue weighted by atomic mass is 9.80. The van der Waals surface area contributed by atoms with Gasteiger partial charge < -0.3 is 9.47 Å². The second-order valence-corrected chi connectivity index (χ2v) is 20.0. The minimum Gasteiger partial charge on any atom is -0.338 e. The smallest absolute Gasteiger partial charge is 0.0541 e. The van der Waals surface area contributed by atoms with E-state index in [9.17, 15) is 0 Å². The molecule has 1 aliphatic carbocycles. The zero-order valence-corrected chi connectivity index (χ0v) is 41.4. The van der Waals surface area contributed by atoms with Gasteiger partial charge >= 0.3 is 0 Å². The lowest BCUT2D eigenvalue weighted by Gasteiger charge is -2.39. The fraction of sp³-hybridized carbons (Fsp3) is 0.0833. The predicted molar refractivity (Wildman–Crippen MR) is 313 cm³/mol. The Morgan fingerprint density at radius 1 is 0.270 bits per heavy atom. The number of nitrogens with zero attached hydrogens (tertiary/aromatic N) is 2. The first-order chi connectivity index (χ1) is 36.7. The van der Waals surface area contributed by atoms with Crippen molar-refractivity contribution in [1.82, 2.24) is 4.57 Å². The van der Waals surface area contributed by atoms with Crippen LogP contribution >= 0.6 is 0 Å². The summed E-state index contributed by atoms with van der Waals surface area (Å²) in [6, 6.07) is 103. The summed E-state index contributed by atoms with van der Waals surface area (Å²) < 4.78 is 2.41. The first kappa shape index (κ1) is 44.9. The number of hydrogen-bond donors (Lipinski definition) is 0. The van der Waals surface area contributed by atoms with Crippen LogP contribution < -0.4 is 4.90 Å². The van der Waals surface area contributed by atoms with Crippen LogP contribution in [0.4, 0.5) is 11.4 Å². The number of anilines is 2. The van der Waals surface area contributed by atoms with E-state index in [0.29, 0.717) is 12.0 Å². The van der Waals surface area contributed by atoms with E-state index in [2.05, 4.69) is 289 Å². The predicted octanol–water partition coefficient (Wildman–Crippen LogP) is 19.7. The third-order valence-electron chi connectivity index (χ3n) is 15.5. The highest BCUT2D eigenvalue weighted by atomic mass is 15.2. The molecular formula is C72H56N2. The fourth-order valence-electron chi connectivity index (χ4n) is 11.8. The summed E-state index contributed by atoms with van der Waals surface area (Å²) in [5, 5.41) is 2.55. The summed E-state index contributed by atoms with van der Waals surface area (Å²) in [5.74, 6) is 0.512. The summed E-state index contributed by atoms with van der Waals surface area (Å²) in [5.41, 5.74) is 22.3. The molecule has 0 aliphatic heterocycles. The van der Waals surface area contributed by atoms with Gasteiger partial charge in [-0.15, -0.1) is 0 Å². The summed E-state index contributed by atoms with van der Waals surface area (Å²) in [6.45, 7) is 0. The molecule has 2 nitrogen and oxygen atoms in total. The van der Waals surface area contributed by atoms with Gasteiger partial charge in [-0.05, 0) is 171 Å². The third-order valence-corrected chi connectivity index (χ3v) is 15.5. The monoisotopic (exact) mass is 948 g/mol. The highest BCUT2D eigenvalue weighted by Crippen LogP contribution is 2.42. The van der Waals surface area contributed by atoms with Gasteiger partial charge in [-0.2, -0.15) is 0 Å². The quantitative estimate of drug-likeness (QED) is 0.125. The van der Waals surface area contributed by atoms with Gasteiger partial charge in [0.25, 0.3) is 0 Å². The maximum absolute atomic E-state index is 2.63. The van der Waals surface area contributed by atoms with Gasteiger partial charge in [0.1, 0.15) is 0 Å². The van der Waals surface area contributed by atoms with Crippen LogP contribution in [0.2, 0.25) is 0 Å². The Labute approximate surface area is 435 Å². The van der Waals surface area contributed by atoms with Gasteiger partial charge in [-0.1, -0.05) is 212 Å². The van der Waals surface area contributed by atoms with Gasteiger partial charge in [0.15, 0.2) is 0 Å². The highest BCUT2D eigenvalue weighted by molar-refractivity contribution is 6.09. The molecule has 1 saturated carbocycles. The van der Waals surface area contributed by atoms with E-state index in [1.54, 1.807) is 0 Å². The molecule has 0 saturated heterocycles. The van der Waals surface area contributed by atoms with Crippen LogP contribution in [0.15, 0.2) is 279 Å². The number of fused-ring (bicyclic) bond motifs is 3. The summed E-state index contributed by atoms with van der Waals surface area (Å²) in [6.07, 6.45) is 4.48. The van der Waals surface area contributed by atoms with Crippen LogP contribution in [0.5, 0.6) is 0 Å². The lowest BCUT2D eigenvalue weighted by Crippen LogP contribution is -2.34. The Morgan fingerprint density at radius 2 is 0.622 bits per heavy atom. The van der Waals surface area contributed by atoms with Gasteiger partial charge in [0.05, 0.1) is 11.0 Å². The van der Waals surface area contributed by atoms with Crippen LogP contribution in [0.1, 0.15) is 37.2 Å². The molecule has 354 valence electrons. The topological polar surface area (TPSA) is 8.17 Å². The maximum Gasteiger partial charge on any atom is 0.0541 e. The summed E-state index contributed by atoms with van der Waals surface area (Å²) in [7, 11) is 0. The molecule has 11 aromatic carbocycles. The Hall–Kier alpha value is -8.98. The molecule has 2 heteroatoms. The van der Waals surface area contributed by atoms with Crippen molar-refractivity contribution >= 4 is 33.2 Å². The second kappa shape index (κ2) is 19.9. The molecule has 0 unspecified atom stereocenters. The van der Waals surface area contributed by atoms with Gasteiger partial charge in [0.2, 0.25) is 0 Å². The SMILES string of the molecule is c1ccc(-c2cccc(-c3cccc(-c4ccc(N(c5ccc(-c6cccc(-n7c8ccccc8c8ccccc87)c6)cc5)C5CCC(c6cccc(-c7cccc(-c8ccccc8)c7)c6)CC5)cc4)c3)c2)cc1. The maximum atomic E-state index is 2.63. The molecule has 0 N–H and O–H groups in total. The average molecular weight is 949 g/mol.